The molecule has 0 spiro atoms. The summed E-state index contributed by atoms with van der Waals surface area (Å²) in [6.45, 7) is 5.80. The van der Waals surface area contributed by atoms with E-state index in [2.05, 4.69) is 13.5 Å². The second-order valence-electron chi connectivity index (χ2n) is 5.05. The normalized spacial score (nSPS) is 62.3. The third kappa shape index (κ3) is 0.556. The first-order chi connectivity index (χ1) is 6.05. The minimum absolute atomic E-state index is 0.106. The molecule has 0 radical (unpaired) electrons. The highest BCUT2D eigenvalue weighted by Gasteiger charge is 2.81. The lowest BCUT2D eigenvalue weighted by Gasteiger charge is -2.38. The number of carbonyl (C=O) groups is 1. The van der Waals surface area contributed by atoms with Crippen LogP contribution in [0.4, 0.5) is 0 Å². The zero-order chi connectivity index (χ0) is 9.43. The monoisotopic (exact) mass is 178 g/mol. The maximum Gasteiger partial charge on any atom is 0.143 e. The molecule has 5 atom stereocenters. The zero-order valence-corrected chi connectivity index (χ0v) is 7.79. The average molecular weight is 178 g/mol. The lowest BCUT2D eigenvalue weighted by Crippen LogP contribution is -2.45. The van der Waals surface area contributed by atoms with Gasteiger partial charge in [0.25, 0.3) is 0 Å². The van der Waals surface area contributed by atoms with E-state index in [1.165, 1.54) is 0 Å². The van der Waals surface area contributed by atoms with Gasteiger partial charge in [-0.15, -0.1) is 6.58 Å². The summed E-state index contributed by atoms with van der Waals surface area (Å²) in [4.78, 5) is 11.8. The lowest BCUT2D eigenvalue weighted by molar-refractivity contribution is -0.132. The van der Waals surface area contributed by atoms with Crippen LogP contribution in [0.3, 0.4) is 0 Å². The Morgan fingerprint density at radius 1 is 1.69 bits per heavy atom. The van der Waals surface area contributed by atoms with Gasteiger partial charge in [0, 0.05) is 11.8 Å². The SMILES string of the molecule is C=CC1(O)C2CCC3(C)C(C2=O)C13. The molecule has 0 aromatic carbocycles. The van der Waals surface area contributed by atoms with Crippen LogP contribution in [0.2, 0.25) is 0 Å². The topological polar surface area (TPSA) is 37.3 Å². The highest BCUT2D eigenvalue weighted by Crippen LogP contribution is 2.76. The summed E-state index contributed by atoms with van der Waals surface area (Å²) in [5.74, 6) is 0.487. The molecule has 0 heterocycles. The summed E-state index contributed by atoms with van der Waals surface area (Å²) < 4.78 is 0. The van der Waals surface area contributed by atoms with Crippen LogP contribution < -0.4 is 0 Å². The van der Waals surface area contributed by atoms with Crippen LogP contribution >= 0.6 is 0 Å². The third-order valence-corrected chi connectivity index (χ3v) is 4.65. The number of aliphatic hydroxyl groups is 1. The first kappa shape index (κ1) is 7.74. The van der Waals surface area contributed by atoms with Crippen LogP contribution in [0.1, 0.15) is 19.8 Å². The smallest absolute Gasteiger partial charge is 0.143 e. The lowest BCUT2D eigenvalue weighted by atomic mass is 9.69. The van der Waals surface area contributed by atoms with Crippen molar-refractivity contribution in [3.05, 3.63) is 12.7 Å². The summed E-state index contributed by atoms with van der Waals surface area (Å²) in [5, 5.41) is 10.3. The summed E-state index contributed by atoms with van der Waals surface area (Å²) in [6.07, 6.45) is 3.56. The maximum absolute atomic E-state index is 11.8. The largest absolute Gasteiger partial charge is 0.385 e. The predicted molar refractivity (Wildman–Crippen MR) is 48.0 cm³/mol. The Morgan fingerprint density at radius 2 is 2.38 bits per heavy atom. The highest BCUT2D eigenvalue weighted by molar-refractivity contribution is 5.94. The van der Waals surface area contributed by atoms with E-state index in [-0.39, 0.29) is 23.2 Å². The molecule has 1 N–H and O–H groups in total. The van der Waals surface area contributed by atoms with Crippen LogP contribution in [-0.2, 0) is 4.79 Å². The van der Waals surface area contributed by atoms with Gasteiger partial charge in [-0.05, 0) is 18.3 Å². The van der Waals surface area contributed by atoms with Crippen LogP contribution in [0.25, 0.3) is 0 Å². The minimum Gasteiger partial charge on any atom is -0.385 e. The molecular formula is C11H14O2. The fourth-order valence-corrected chi connectivity index (χ4v) is 3.92. The molecule has 0 aromatic heterocycles. The van der Waals surface area contributed by atoms with Crippen molar-refractivity contribution in [2.45, 2.75) is 25.4 Å². The molecule has 4 fully saturated rings. The number of carbonyl (C=O) groups excluding carboxylic acids is 1. The fraction of sp³-hybridized carbons (Fsp3) is 0.727. The molecule has 4 aliphatic carbocycles. The van der Waals surface area contributed by atoms with Gasteiger partial charge < -0.3 is 5.11 Å². The number of hydrogen-bond donors (Lipinski definition) is 1. The van der Waals surface area contributed by atoms with Gasteiger partial charge in [0.2, 0.25) is 0 Å². The number of ketones is 1. The van der Waals surface area contributed by atoms with Crippen LogP contribution in [0.5, 0.6) is 0 Å². The Morgan fingerprint density at radius 3 is 2.77 bits per heavy atom. The molecule has 4 bridgehead atoms. The van der Waals surface area contributed by atoms with E-state index in [1.54, 1.807) is 6.08 Å². The van der Waals surface area contributed by atoms with Crippen molar-refractivity contribution in [2.24, 2.45) is 23.2 Å². The van der Waals surface area contributed by atoms with E-state index in [1.807, 2.05) is 0 Å². The molecular weight excluding hydrogens is 164 g/mol. The van der Waals surface area contributed by atoms with E-state index in [0.29, 0.717) is 5.78 Å². The summed E-state index contributed by atoms with van der Waals surface area (Å²) in [5.41, 5.74) is -0.760. The fourth-order valence-electron chi connectivity index (χ4n) is 3.92. The van der Waals surface area contributed by atoms with Crippen molar-refractivity contribution in [2.75, 3.05) is 0 Å². The van der Waals surface area contributed by atoms with E-state index in [0.717, 1.165) is 12.8 Å². The quantitative estimate of drug-likeness (QED) is 0.611. The van der Waals surface area contributed by atoms with Gasteiger partial charge >= 0.3 is 0 Å². The number of hydrogen-bond acceptors (Lipinski definition) is 2. The van der Waals surface area contributed by atoms with E-state index in [4.69, 9.17) is 0 Å². The average Bonchev–Trinajstić information content (AvgIpc) is 2.67. The molecule has 4 aliphatic rings. The van der Waals surface area contributed by atoms with Gasteiger partial charge in [-0.2, -0.15) is 0 Å². The Balaban J connectivity index is 2.14. The van der Waals surface area contributed by atoms with Crippen molar-refractivity contribution in [1.29, 1.82) is 0 Å². The van der Waals surface area contributed by atoms with Crippen molar-refractivity contribution < 1.29 is 9.90 Å². The number of fused-ring (bicyclic) bond motifs is 1. The molecule has 70 valence electrons. The number of rotatable bonds is 1. The summed E-state index contributed by atoms with van der Waals surface area (Å²) in [7, 11) is 0. The van der Waals surface area contributed by atoms with Gasteiger partial charge in [0.15, 0.2) is 0 Å². The van der Waals surface area contributed by atoms with Crippen molar-refractivity contribution in [3.63, 3.8) is 0 Å². The van der Waals surface area contributed by atoms with Crippen molar-refractivity contribution in [3.8, 4) is 0 Å². The number of Topliss-reactive ketones (excluding diaryl/α,β-unsaturated/α-hetero) is 1. The van der Waals surface area contributed by atoms with E-state index >= 15 is 0 Å². The Bertz CT molecular complexity index is 322. The standard InChI is InChI=1S/C11H14O2/c1-3-11(13)6-4-5-10(2)7(8(6)12)9(10)11/h3,6-7,9,13H,1,4-5H2,2H3. The minimum atomic E-state index is -0.866. The van der Waals surface area contributed by atoms with Crippen molar-refractivity contribution >= 4 is 5.78 Å². The zero-order valence-electron chi connectivity index (χ0n) is 7.79. The van der Waals surface area contributed by atoms with Gasteiger partial charge in [-0.25, -0.2) is 0 Å². The van der Waals surface area contributed by atoms with Gasteiger partial charge in [-0.3, -0.25) is 4.79 Å². The molecule has 5 unspecified atom stereocenters. The van der Waals surface area contributed by atoms with Crippen LogP contribution in [-0.4, -0.2) is 16.5 Å². The second-order valence-corrected chi connectivity index (χ2v) is 5.05. The first-order valence-electron chi connectivity index (χ1n) is 4.95. The molecule has 2 heteroatoms. The molecule has 0 saturated heterocycles. The highest BCUT2D eigenvalue weighted by atomic mass is 16.3. The van der Waals surface area contributed by atoms with E-state index < -0.39 is 5.60 Å². The Hall–Kier alpha value is -0.630. The van der Waals surface area contributed by atoms with Gasteiger partial charge in [0.05, 0.1) is 11.5 Å². The summed E-state index contributed by atoms with van der Waals surface area (Å²) >= 11 is 0. The van der Waals surface area contributed by atoms with Crippen LogP contribution in [0.15, 0.2) is 12.7 Å². The second kappa shape index (κ2) is 1.76. The molecule has 13 heavy (non-hydrogen) atoms. The van der Waals surface area contributed by atoms with Gasteiger partial charge in [0.1, 0.15) is 5.78 Å². The molecule has 4 rings (SSSR count). The molecule has 0 aromatic rings. The molecule has 0 aliphatic heterocycles. The molecule has 2 nitrogen and oxygen atoms in total. The summed E-state index contributed by atoms with van der Waals surface area (Å²) in [6, 6.07) is 0. The Labute approximate surface area is 77.6 Å². The third-order valence-electron chi connectivity index (χ3n) is 4.65. The first-order valence-corrected chi connectivity index (χ1v) is 4.95. The Kier molecular flexibility index (Phi) is 1.05. The van der Waals surface area contributed by atoms with Crippen LogP contribution in [0, 0.1) is 23.2 Å². The molecule has 0 amide bonds. The van der Waals surface area contributed by atoms with E-state index in [9.17, 15) is 9.90 Å². The van der Waals surface area contributed by atoms with Gasteiger partial charge in [-0.1, -0.05) is 13.0 Å². The molecule has 4 saturated carbocycles. The maximum atomic E-state index is 11.8. The predicted octanol–water partition coefficient (Wildman–Crippen LogP) is 1.15. The van der Waals surface area contributed by atoms with Crippen molar-refractivity contribution in [1.82, 2.24) is 0 Å².